The minimum atomic E-state index is -4.74. The van der Waals surface area contributed by atoms with Gasteiger partial charge < -0.3 is 19.5 Å². The lowest BCUT2D eigenvalue weighted by atomic mass is 10.0. The Morgan fingerprint density at radius 2 is 1.79 bits per heavy atom. The molecule has 0 radical (unpaired) electrons. The second kappa shape index (κ2) is 12.5. The quantitative estimate of drug-likeness (QED) is 0.352. The van der Waals surface area contributed by atoms with Gasteiger partial charge in [-0.05, 0) is 57.0 Å². The first kappa shape index (κ1) is 32.3. The summed E-state index contributed by atoms with van der Waals surface area (Å²) in [6.07, 6.45) is -3.90. The molecule has 2 heterocycles. The molecule has 1 saturated heterocycles. The highest BCUT2D eigenvalue weighted by Gasteiger charge is 2.35. The van der Waals surface area contributed by atoms with Crippen LogP contribution in [-0.4, -0.2) is 66.2 Å². The Balaban J connectivity index is 1.82. The Kier molecular flexibility index (Phi) is 9.41. The predicted molar refractivity (Wildman–Crippen MR) is 157 cm³/mol. The number of anilines is 1. The normalized spacial score (nSPS) is 17.8. The van der Waals surface area contributed by atoms with Crippen LogP contribution in [0.1, 0.15) is 42.3 Å². The highest BCUT2D eigenvalue weighted by atomic mass is 35.5. The molecule has 8 nitrogen and oxygen atoms in total. The van der Waals surface area contributed by atoms with Crippen molar-refractivity contribution in [2.75, 3.05) is 31.6 Å². The van der Waals surface area contributed by atoms with Crippen LogP contribution in [0, 0.1) is 12.7 Å². The van der Waals surface area contributed by atoms with Crippen LogP contribution in [0.4, 0.5) is 23.2 Å². The molecule has 1 aromatic heterocycles. The van der Waals surface area contributed by atoms with E-state index in [9.17, 15) is 27.6 Å². The van der Waals surface area contributed by atoms with E-state index in [4.69, 9.17) is 16.3 Å². The van der Waals surface area contributed by atoms with Crippen LogP contribution in [0.15, 0.2) is 35.3 Å². The molecule has 2 aromatic carbocycles. The number of ketones is 1. The maximum Gasteiger partial charge on any atom is 0.406 e. The molecule has 0 spiro atoms. The summed E-state index contributed by atoms with van der Waals surface area (Å²) >= 11 is 5.98. The van der Waals surface area contributed by atoms with E-state index in [-0.39, 0.29) is 61.0 Å². The lowest BCUT2D eigenvalue weighted by Gasteiger charge is -2.45. The second-order valence-electron chi connectivity index (χ2n) is 11.0. The van der Waals surface area contributed by atoms with Crippen molar-refractivity contribution >= 4 is 39.9 Å². The maximum absolute atomic E-state index is 15.9. The number of Topliss-reactive ketones (excluding diaryl/α,β-unsaturated/α-hetero) is 1. The first-order valence-corrected chi connectivity index (χ1v) is 14.0. The number of alkyl halides is 3. The molecule has 43 heavy (non-hydrogen) atoms. The van der Waals surface area contributed by atoms with Gasteiger partial charge in [-0.2, -0.15) is 13.2 Å². The fourth-order valence-corrected chi connectivity index (χ4v) is 5.92. The molecule has 1 amide bonds. The molecular weight excluding hydrogens is 592 g/mol. The van der Waals surface area contributed by atoms with Crippen molar-refractivity contribution in [1.29, 1.82) is 0 Å². The number of hydrogen-bond acceptors (Lipinski definition) is 6. The molecule has 0 bridgehead atoms. The summed E-state index contributed by atoms with van der Waals surface area (Å²) in [4.78, 5) is 42.0. The van der Waals surface area contributed by atoms with Crippen molar-refractivity contribution in [2.45, 2.75) is 59.0 Å². The van der Waals surface area contributed by atoms with Crippen LogP contribution in [0.5, 0.6) is 5.75 Å². The Bertz CT molecular complexity index is 1610. The maximum atomic E-state index is 15.9. The molecular formula is C30H33ClF4N4O4. The lowest BCUT2D eigenvalue weighted by Crippen LogP contribution is -2.58. The van der Waals surface area contributed by atoms with Gasteiger partial charge >= 0.3 is 6.18 Å². The number of aryl methyl sites for hydroxylation is 1. The topological polar surface area (TPSA) is 83.9 Å². The molecule has 0 aliphatic carbocycles. The number of rotatable bonds is 8. The number of nitrogens with one attached hydrogen (secondary N) is 1. The Morgan fingerprint density at radius 3 is 2.35 bits per heavy atom. The van der Waals surface area contributed by atoms with Crippen LogP contribution >= 0.6 is 11.6 Å². The molecule has 1 N–H and O–H groups in total. The fourth-order valence-electron chi connectivity index (χ4n) is 5.69. The molecule has 2 atom stereocenters. The first-order chi connectivity index (χ1) is 20.1. The van der Waals surface area contributed by atoms with Crippen LogP contribution in [0.3, 0.4) is 0 Å². The molecule has 4 rings (SSSR count). The van der Waals surface area contributed by atoms with Crippen molar-refractivity contribution in [1.82, 2.24) is 14.8 Å². The van der Waals surface area contributed by atoms with Crippen LogP contribution in [-0.2, 0) is 17.9 Å². The van der Waals surface area contributed by atoms with Gasteiger partial charge in [-0.3, -0.25) is 19.3 Å². The second-order valence-corrected chi connectivity index (χ2v) is 11.4. The standard InChI is InChI=1S/C30H33ClF4N4O4/c1-16-8-21(31)7-6-20(16)10-36-29(42)23-14-38(15-30(33,34)35)25-22(27(23)41)9-24(32)26(28(25)43-5)37-11-17(2)39(13-19(4)40)18(3)12-37/h6-9,14,17-18H,10-13,15H2,1-5H3,(H,36,42)/t17-,18+. The molecule has 232 valence electrons. The number of methoxy groups -OCH3 is 1. The van der Waals surface area contributed by atoms with Gasteiger partial charge in [0.05, 0.1) is 24.6 Å². The average Bonchev–Trinajstić information content (AvgIpc) is 2.90. The van der Waals surface area contributed by atoms with Gasteiger partial charge in [0.25, 0.3) is 5.91 Å². The monoisotopic (exact) mass is 624 g/mol. The third kappa shape index (κ3) is 6.96. The Hall–Kier alpha value is -3.64. The van der Waals surface area contributed by atoms with Gasteiger partial charge in [-0.25, -0.2) is 4.39 Å². The van der Waals surface area contributed by atoms with E-state index in [1.54, 1.807) is 30.0 Å². The van der Waals surface area contributed by atoms with Crippen molar-refractivity contribution in [3.05, 3.63) is 68.2 Å². The number of carbonyl (C=O) groups is 2. The number of hydrogen-bond donors (Lipinski definition) is 1. The highest BCUT2D eigenvalue weighted by molar-refractivity contribution is 6.30. The zero-order chi connectivity index (χ0) is 31.8. The van der Waals surface area contributed by atoms with Gasteiger partial charge in [0.2, 0.25) is 5.43 Å². The molecule has 1 aliphatic rings. The molecule has 0 saturated carbocycles. The number of aromatic nitrogens is 1. The summed E-state index contributed by atoms with van der Waals surface area (Å²) in [5.74, 6) is -2.07. The Morgan fingerprint density at radius 1 is 1.14 bits per heavy atom. The number of carbonyl (C=O) groups excluding carboxylic acids is 2. The number of amides is 1. The fraction of sp³-hybridized carbons (Fsp3) is 0.433. The summed E-state index contributed by atoms with van der Waals surface area (Å²) in [5, 5.41) is 2.64. The average molecular weight is 625 g/mol. The van der Waals surface area contributed by atoms with Crippen LogP contribution < -0.4 is 20.4 Å². The summed E-state index contributed by atoms with van der Waals surface area (Å²) in [6, 6.07) is 5.47. The number of piperazine rings is 1. The third-order valence-electron chi connectivity index (χ3n) is 7.61. The summed E-state index contributed by atoms with van der Waals surface area (Å²) in [5.41, 5.74) is -0.419. The van der Waals surface area contributed by atoms with Gasteiger partial charge in [-0.15, -0.1) is 0 Å². The van der Waals surface area contributed by atoms with Crippen LogP contribution in [0.2, 0.25) is 5.02 Å². The first-order valence-electron chi connectivity index (χ1n) is 13.6. The van der Waals surface area contributed by atoms with Crippen LogP contribution in [0.25, 0.3) is 10.9 Å². The van der Waals surface area contributed by atoms with Crippen molar-refractivity contribution in [3.63, 3.8) is 0 Å². The molecule has 1 fully saturated rings. The predicted octanol–water partition coefficient (Wildman–Crippen LogP) is 5.09. The van der Waals surface area contributed by atoms with Gasteiger partial charge in [0.1, 0.15) is 23.6 Å². The number of ether oxygens (including phenoxy) is 1. The minimum Gasteiger partial charge on any atom is -0.492 e. The molecule has 0 unspecified atom stereocenters. The number of pyridine rings is 1. The van der Waals surface area contributed by atoms with Crippen molar-refractivity contribution in [3.8, 4) is 5.75 Å². The molecule has 1 aliphatic heterocycles. The van der Waals surface area contributed by atoms with Gasteiger partial charge in [-0.1, -0.05) is 17.7 Å². The zero-order valence-corrected chi connectivity index (χ0v) is 25.2. The summed E-state index contributed by atoms with van der Waals surface area (Å²) in [7, 11) is 1.19. The number of nitrogens with zero attached hydrogens (tertiary/aromatic N) is 3. The largest absolute Gasteiger partial charge is 0.492 e. The smallest absolute Gasteiger partial charge is 0.406 e. The number of benzene rings is 2. The number of fused-ring (bicyclic) bond motifs is 1. The third-order valence-corrected chi connectivity index (χ3v) is 7.84. The van der Waals surface area contributed by atoms with E-state index >= 15 is 4.39 Å². The minimum absolute atomic E-state index is 0.0127. The van der Waals surface area contributed by atoms with Gasteiger partial charge in [0.15, 0.2) is 11.6 Å². The summed E-state index contributed by atoms with van der Waals surface area (Å²) in [6.45, 7) is 6.14. The zero-order valence-electron chi connectivity index (χ0n) is 24.4. The SMILES string of the molecule is COc1c(N2C[C@@H](C)N(CC(C)=O)[C@@H](C)C2)c(F)cc2c(=O)c(C(=O)NCc3ccc(Cl)cc3C)cn(CC(F)(F)F)c12. The Labute approximate surface area is 251 Å². The van der Waals surface area contributed by atoms with E-state index in [1.807, 2.05) is 18.7 Å². The highest BCUT2D eigenvalue weighted by Crippen LogP contribution is 2.40. The van der Waals surface area contributed by atoms with E-state index in [2.05, 4.69) is 5.32 Å². The lowest BCUT2D eigenvalue weighted by molar-refractivity contribution is -0.140. The van der Waals surface area contributed by atoms with Crippen molar-refractivity contribution < 1.29 is 31.9 Å². The number of halogens is 5. The van der Waals surface area contributed by atoms with E-state index in [1.165, 1.54) is 14.0 Å². The van der Waals surface area contributed by atoms with Crippen molar-refractivity contribution in [2.24, 2.45) is 0 Å². The van der Waals surface area contributed by atoms with E-state index in [0.717, 1.165) is 17.8 Å². The molecule has 13 heteroatoms. The van der Waals surface area contributed by atoms with E-state index < -0.39 is 40.8 Å². The van der Waals surface area contributed by atoms with E-state index in [0.29, 0.717) is 15.2 Å². The molecule has 3 aromatic rings. The van der Waals surface area contributed by atoms with Gasteiger partial charge in [0, 0.05) is 42.9 Å². The summed E-state index contributed by atoms with van der Waals surface area (Å²) < 4.78 is 63.5.